The van der Waals surface area contributed by atoms with Crippen molar-refractivity contribution in [3.63, 3.8) is 0 Å². The van der Waals surface area contributed by atoms with E-state index in [0.717, 1.165) is 24.4 Å². The minimum atomic E-state index is -0.429. The molecular weight excluding hydrogens is 286 g/mol. The first-order chi connectivity index (χ1) is 11.2. The maximum absolute atomic E-state index is 10.1. The molecule has 0 heterocycles. The molecule has 1 aromatic carbocycles. The van der Waals surface area contributed by atoms with Crippen LogP contribution >= 0.6 is 0 Å². The molecule has 23 heavy (non-hydrogen) atoms. The minimum absolute atomic E-state index is 0.250. The quantitative estimate of drug-likeness (QED) is 0.685. The summed E-state index contributed by atoms with van der Waals surface area (Å²) in [5.74, 6) is 2.88. The van der Waals surface area contributed by atoms with Crippen LogP contribution in [0, 0.1) is 17.8 Å². The molecule has 2 saturated carbocycles. The van der Waals surface area contributed by atoms with E-state index in [9.17, 15) is 5.11 Å². The molecule has 0 aliphatic heterocycles. The number of fused-ring (bicyclic) bond motifs is 2. The van der Waals surface area contributed by atoms with Crippen molar-refractivity contribution in [1.29, 1.82) is 0 Å². The standard InChI is InChI=1S/C20H31NO2/c1-15(17-5-3-2-4-6-17)21-13-20(22)14-23-10-9-19-12-16-7-8-18(19)11-16/h2-6,15-16,18-22H,7-14H2,1H3/t15-,16-,18-,19-,20-/m0/s1. The fourth-order valence-corrected chi connectivity index (χ4v) is 4.42. The van der Waals surface area contributed by atoms with Crippen molar-refractivity contribution >= 4 is 0 Å². The molecule has 5 atom stereocenters. The van der Waals surface area contributed by atoms with Gasteiger partial charge in [0.1, 0.15) is 0 Å². The van der Waals surface area contributed by atoms with Crippen molar-refractivity contribution in [3.05, 3.63) is 35.9 Å². The third-order valence-corrected chi connectivity index (χ3v) is 5.79. The average molecular weight is 317 g/mol. The van der Waals surface area contributed by atoms with E-state index in [0.29, 0.717) is 13.2 Å². The molecule has 0 amide bonds. The molecule has 2 bridgehead atoms. The molecule has 128 valence electrons. The van der Waals surface area contributed by atoms with Crippen LogP contribution in [0.2, 0.25) is 0 Å². The van der Waals surface area contributed by atoms with E-state index >= 15 is 0 Å². The Morgan fingerprint density at radius 3 is 2.74 bits per heavy atom. The Bertz CT molecular complexity index is 464. The van der Waals surface area contributed by atoms with Crippen LogP contribution in [0.15, 0.2) is 30.3 Å². The van der Waals surface area contributed by atoms with Gasteiger partial charge in [0, 0.05) is 19.2 Å². The van der Waals surface area contributed by atoms with E-state index in [2.05, 4.69) is 24.4 Å². The smallest absolute Gasteiger partial charge is 0.0897 e. The van der Waals surface area contributed by atoms with Gasteiger partial charge in [0.2, 0.25) is 0 Å². The summed E-state index contributed by atoms with van der Waals surface area (Å²) in [6.45, 7) is 3.94. The summed E-state index contributed by atoms with van der Waals surface area (Å²) in [5.41, 5.74) is 1.25. The lowest BCUT2D eigenvalue weighted by molar-refractivity contribution is 0.0280. The normalized spacial score (nSPS) is 28.9. The van der Waals surface area contributed by atoms with Gasteiger partial charge in [0.25, 0.3) is 0 Å². The van der Waals surface area contributed by atoms with Crippen LogP contribution in [0.25, 0.3) is 0 Å². The van der Waals surface area contributed by atoms with Crippen molar-refractivity contribution in [2.45, 2.75) is 51.2 Å². The molecule has 0 aromatic heterocycles. The number of nitrogens with one attached hydrogen (secondary N) is 1. The van der Waals surface area contributed by atoms with Gasteiger partial charge in [-0.1, -0.05) is 36.8 Å². The van der Waals surface area contributed by atoms with Crippen LogP contribution in [-0.4, -0.2) is 31.0 Å². The molecule has 3 nitrogen and oxygen atoms in total. The zero-order valence-corrected chi connectivity index (χ0v) is 14.3. The van der Waals surface area contributed by atoms with E-state index in [1.165, 1.54) is 37.7 Å². The zero-order chi connectivity index (χ0) is 16.1. The summed E-state index contributed by atoms with van der Waals surface area (Å²) in [6.07, 6.45) is 6.55. The Morgan fingerprint density at radius 1 is 1.22 bits per heavy atom. The van der Waals surface area contributed by atoms with Gasteiger partial charge >= 0.3 is 0 Å². The van der Waals surface area contributed by atoms with Crippen molar-refractivity contribution in [2.24, 2.45) is 17.8 Å². The molecule has 3 heteroatoms. The summed E-state index contributed by atoms with van der Waals surface area (Å²) >= 11 is 0. The predicted molar refractivity (Wildman–Crippen MR) is 93.2 cm³/mol. The van der Waals surface area contributed by atoms with E-state index in [4.69, 9.17) is 4.74 Å². The van der Waals surface area contributed by atoms with Gasteiger partial charge in [-0.2, -0.15) is 0 Å². The van der Waals surface area contributed by atoms with Crippen LogP contribution in [0.4, 0.5) is 0 Å². The van der Waals surface area contributed by atoms with Crippen LogP contribution in [0.1, 0.15) is 50.6 Å². The molecule has 0 radical (unpaired) electrons. The molecule has 2 aliphatic rings. The highest BCUT2D eigenvalue weighted by molar-refractivity contribution is 5.17. The number of aliphatic hydroxyl groups is 1. The van der Waals surface area contributed by atoms with E-state index < -0.39 is 6.10 Å². The Morgan fingerprint density at radius 2 is 2.04 bits per heavy atom. The average Bonchev–Trinajstić information content (AvgIpc) is 3.20. The Labute approximate surface area is 140 Å². The minimum Gasteiger partial charge on any atom is -0.389 e. The first-order valence-corrected chi connectivity index (χ1v) is 9.26. The van der Waals surface area contributed by atoms with Crippen molar-refractivity contribution in [1.82, 2.24) is 5.32 Å². The van der Waals surface area contributed by atoms with Crippen molar-refractivity contribution in [2.75, 3.05) is 19.8 Å². The summed E-state index contributed by atoms with van der Waals surface area (Å²) < 4.78 is 5.71. The molecule has 0 unspecified atom stereocenters. The highest BCUT2D eigenvalue weighted by Crippen LogP contribution is 2.49. The van der Waals surface area contributed by atoms with Crippen molar-refractivity contribution in [3.8, 4) is 0 Å². The molecule has 0 saturated heterocycles. The van der Waals surface area contributed by atoms with Gasteiger partial charge in [0.15, 0.2) is 0 Å². The van der Waals surface area contributed by atoms with Gasteiger partial charge in [-0.25, -0.2) is 0 Å². The second-order valence-corrected chi connectivity index (χ2v) is 7.49. The summed E-state index contributed by atoms with van der Waals surface area (Å²) in [6, 6.07) is 10.6. The Hall–Kier alpha value is -0.900. The molecular formula is C20H31NO2. The van der Waals surface area contributed by atoms with Gasteiger partial charge < -0.3 is 15.2 Å². The summed E-state index contributed by atoms with van der Waals surface area (Å²) in [5, 5.41) is 13.4. The number of aliphatic hydroxyl groups excluding tert-OH is 1. The van der Waals surface area contributed by atoms with Crippen LogP contribution < -0.4 is 5.32 Å². The van der Waals surface area contributed by atoms with E-state index in [1.807, 2.05) is 18.2 Å². The van der Waals surface area contributed by atoms with Crippen molar-refractivity contribution < 1.29 is 9.84 Å². The third kappa shape index (κ3) is 4.79. The summed E-state index contributed by atoms with van der Waals surface area (Å²) in [4.78, 5) is 0. The van der Waals surface area contributed by atoms with Gasteiger partial charge in [-0.15, -0.1) is 0 Å². The predicted octanol–water partition coefficient (Wildman–Crippen LogP) is 3.54. The molecule has 1 aromatic rings. The third-order valence-electron chi connectivity index (χ3n) is 5.79. The maximum Gasteiger partial charge on any atom is 0.0897 e. The first-order valence-electron chi connectivity index (χ1n) is 9.26. The number of hydrogen-bond donors (Lipinski definition) is 2. The molecule has 3 rings (SSSR count). The molecule has 2 fully saturated rings. The number of hydrogen-bond acceptors (Lipinski definition) is 3. The van der Waals surface area contributed by atoms with Crippen LogP contribution in [0.5, 0.6) is 0 Å². The largest absolute Gasteiger partial charge is 0.389 e. The highest BCUT2D eigenvalue weighted by atomic mass is 16.5. The van der Waals surface area contributed by atoms with Gasteiger partial charge in [0.05, 0.1) is 12.7 Å². The fraction of sp³-hybridized carbons (Fsp3) is 0.700. The molecule has 2 N–H and O–H groups in total. The highest BCUT2D eigenvalue weighted by Gasteiger charge is 2.38. The van der Waals surface area contributed by atoms with Gasteiger partial charge in [-0.3, -0.25) is 0 Å². The lowest BCUT2D eigenvalue weighted by atomic mass is 9.87. The number of benzene rings is 1. The maximum atomic E-state index is 10.1. The SMILES string of the molecule is C[C@H](NC[C@H](O)COCC[C@H]1C[C@H]2CC[C@H]1C2)c1ccccc1. The fourth-order valence-electron chi connectivity index (χ4n) is 4.42. The molecule has 2 aliphatic carbocycles. The zero-order valence-electron chi connectivity index (χ0n) is 14.3. The number of rotatable bonds is 9. The van der Waals surface area contributed by atoms with Crippen LogP contribution in [-0.2, 0) is 4.74 Å². The lowest BCUT2D eigenvalue weighted by Crippen LogP contribution is -2.32. The summed E-state index contributed by atoms with van der Waals surface area (Å²) in [7, 11) is 0. The second-order valence-electron chi connectivity index (χ2n) is 7.49. The molecule has 0 spiro atoms. The number of ether oxygens (including phenoxy) is 1. The lowest BCUT2D eigenvalue weighted by Gasteiger charge is -2.22. The van der Waals surface area contributed by atoms with Gasteiger partial charge in [-0.05, 0) is 55.9 Å². The van der Waals surface area contributed by atoms with E-state index in [-0.39, 0.29) is 6.04 Å². The topological polar surface area (TPSA) is 41.5 Å². The Kier molecular flexibility index (Phi) is 6.09. The Balaban J connectivity index is 1.26. The van der Waals surface area contributed by atoms with Crippen LogP contribution in [0.3, 0.4) is 0 Å². The van der Waals surface area contributed by atoms with E-state index in [1.54, 1.807) is 0 Å². The first kappa shape index (κ1) is 16.9. The monoisotopic (exact) mass is 317 g/mol. The second kappa shape index (κ2) is 8.27.